The molecule has 2 heterocycles. The van der Waals surface area contributed by atoms with E-state index in [9.17, 15) is 4.79 Å². The summed E-state index contributed by atoms with van der Waals surface area (Å²) in [5, 5.41) is 8.97. The van der Waals surface area contributed by atoms with Crippen molar-refractivity contribution >= 4 is 17.3 Å². The van der Waals surface area contributed by atoms with Crippen molar-refractivity contribution in [1.82, 2.24) is 9.80 Å². The van der Waals surface area contributed by atoms with E-state index in [1.807, 2.05) is 6.07 Å². The molecule has 0 radical (unpaired) electrons. The molecule has 0 aliphatic carbocycles. The van der Waals surface area contributed by atoms with Crippen molar-refractivity contribution < 1.29 is 9.90 Å². The zero-order chi connectivity index (χ0) is 12.4. The van der Waals surface area contributed by atoms with Gasteiger partial charge in [0.1, 0.15) is 4.88 Å². The molecule has 0 atom stereocenters. The highest BCUT2D eigenvalue weighted by molar-refractivity contribution is 7.14. The lowest BCUT2D eigenvalue weighted by Gasteiger charge is -2.27. The third-order valence-corrected chi connectivity index (χ3v) is 4.25. The predicted molar refractivity (Wildman–Crippen MR) is 68.8 cm³/mol. The second-order valence-corrected chi connectivity index (χ2v) is 5.83. The molecule has 0 fully saturated rings. The molecule has 1 aliphatic rings. The Morgan fingerprint density at radius 2 is 2.35 bits per heavy atom. The number of fused-ring (bicyclic) bond motifs is 1. The van der Waals surface area contributed by atoms with Crippen molar-refractivity contribution in [2.75, 3.05) is 33.7 Å². The summed E-state index contributed by atoms with van der Waals surface area (Å²) in [6, 6.07) is 1.84. The smallest absolute Gasteiger partial charge is 0.345 e. The molecule has 1 aliphatic heterocycles. The molecule has 1 N–H and O–H groups in total. The fourth-order valence-electron chi connectivity index (χ4n) is 2.03. The molecule has 0 saturated carbocycles. The maximum atomic E-state index is 10.9. The minimum absolute atomic E-state index is 0.476. The van der Waals surface area contributed by atoms with E-state index in [-0.39, 0.29) is 0 Å². The Balaban J connectivity index is 2.00. The van der Waals surface area contributed by atoms with Gasteiger partial charge in [0.25, 0.3) is 0 Å². The molecule has 1 aromatic rings. The minimum Gasteiger partial charge on any atom is -0.477 e. The van der Waals surface area contributed by atoms with Gasteiger partial charge in [-0.1, -0.05) is 0 Å². The van der Waals surface area contributed by atoms with Crippen LogP contribution in [0.5, 0.6) is 0 Å². The molecular formula is C12H18N2O2S. The SMILES string of the molecule is CN(C)CCN1CCc2sc(C(=O)O)cc2C1. The first-order valence-electron chi connectivity index (χ1n) is 5.78. The third-order valence-electron chi connectivity index (χ3n) is 3.02. The van der Waals surface area contributed by atoms with E-state index in [0.29, 0.717) is 4.88 Å². The van der Waals surface area contributed by atoms with Crippen molar-refractivity contribution in [3.63, 3.8) is 0 Å². The number of carboxylic acid groups (broad SMARTS) is 1. The molecule has 4 nitrogen and oxygen atoms in total. The number of rotatable bonds is 4. The van der Waals surface area contributed by atoms with Crippen molar-refractivity contribution in [2.45, 2.75) is 13.0 Å². The van der Waals surface area contributed by atoms with Crippen LogP contribution in [-0.4, -0.2) is 54.6 Å². The Morgan fingerprint density at radius 1 is 1.59 bits per heavy atom. The number of nitrogens with zero attached hydrogens (tertiary/aromatic N) is 2. The van der Waals surface area contributed by atoms with E-state index >= 15 is 0 Å². The van der Waals surface area contributed by atoms with Gasteiger partial charge in [-0.25, -0.2) is 4.79 Å². The Morgan fingerprint density at radius 3 is 3.00 bits per heavy atom. The first-order valence-corrected chi connectivity index (χ1v) is 6.60. The van der Waals surface area contributed by atoms with Gasteiger partial charge in [-0.2, -0.15) is 0 Å². The lowest BCUT2D eigenvalue weighted by atomic mass is 10.1. The summed E-state index contributed by atoms with van der Waals surface area (Å²) in [5.74, 6) is -0.802. The van der Waals surface area contributed by atoms with Gasteiger partial charge < -0.3 is 10.0 Å². The quantitative estimate of drug-likeness (QED) is 0.881. The van der Waals surface area contributed by atoms with Crippen LogP contribution in [0.3, 0.4) is 0 Å². The van der Waals surface area contributed by atoms with Crippen LogP contribution in [-0.2, 0) is 13.0 Å². The largest absolute Gasteiger partial charge is 0.477 e. The number of carbonyl (C=O) groups is 1. The summed E-state index contributed by atoms with van der Waals surface area (Å²) >= 11 is 1.43. The van der Waals surface area contributed by atoms with Crippen molar-refractivity contribution in [1.29, 1.82) is 0 Å². The summed E-state index contributed by atoms with van der Waals surface area (Å²) in [6.45, 7) is 4.03. The fourth-order valence-corrected chi connectivity index (χ4v) is 3.03. The molecule has 94 valence electrons. The van der Waals surface area contributed by atoms with Crippen LogP contribution in [0, 0.1) is 0 Å². The first-order chi connectivity index (χ1) is 8.06. The van der Waals surface area contributed by atoms with E-state index in [2.05, 4.69) is 23.9 Å². The van der Waals surface area contributed by atoms with E-state index in [0.717, 1.165) is 32.6 Å². The molecule has 17 heavy (non-hydrogen) atoms. The van der Waals surface area contributed by atoms with Crippen LogP contribution in [0.4, 0.5) is 0 Å². The van der Waals surface area contributed by atoms with Gasteiger partial charge in [0.2, 0.25) is 0 Å². The standard InChI is InChI=1S/C12H18N2O2S/c1-13(2)5-6-14-4-3-10-9(8-14)7-11(17-10)12(15)16/h7H,3-6,8H2,1-2H3,(H,15,16). The topological polar surface area (TPSA) is 43.8 Å². The van der Waals surface area contributed by atoms with Gasteiger partial charge in [-0.15, -0.1) is 11.3 Å². The van der Waals surface area contributed by atoms with Crippen LogP contribution in [0.15, 0.2) is 6.07 Å². The third kappa shape index (κ3) is 3.06. The van der Waals surface area contributed by atoms with Crippen molar-refractivity contribution in [2.24, 2.45) is 0 Å². The maximum Gasteiger partial charge on any atom is 0.345 e. The van der Waals surface area contributed by atoms with Gasteiger partial charge >= 0.3 is 5.97 Å². The lowest BCUT2D eigenvalue weighted by Crippen LogP contribution is -2.35. The molecule has 1 aromatic heterocycles. The highest BCUT2D eigenvalue weighted by Crippen LogP contribution is 2.27. The Kier molecular flexibility index (Phi) is 3.81. The van der Waals surface area contributed by atoms with E-state index in [1.54, 1.807) is 0 Å². The van der Waals surface area contributed by atoms with E-state index < -0.39 is 5.97 Å². The van der Waals surface area contributed by atoms with E-state index in [1.165, 1.54) is 21.8 Å². The second kappa shape index (κ2) is 5.16. The fraction of sp³-hybridized carbons (Fsp3) is 0.583. The minimum atomic E-state index is -0.802. The number of hydrogen-bond donors (Lipinski definition) is 1. The van der Waals surface area contributed by atoms with Gasteiger partial charge in [0, 0.05) is 31.1 Å². The summed E-state index contributed by atoms with van der Waals surface area (Å²) in [4.78, 5) is 17.2. The lowest BCUT2D eigenvalue weighted by molar-refractivity contribution is 0.0702. The predicted octanol–water partition coefficient (Wildman–Crippen LogP) is 1.37. The summed E-state index contributed by atoms with van der Waals surface area (Å²) in [5.41, 5.74) is 1.21. The molecule has 0 amide bonds. The zero-order valence-corrected chi connectivity index (χ0v) is 11.1. The van der Waals surface area contributed by atoms with E-state index in [4.69, 9.17) is 5.11 Å². The summed E-state index contributed by atoms with van der Waals surface area (Å²) in [6.07, 6.45) is 0.987. The Bertz CT molecular complexity index is 415. The molecule has 5 heteroatoms. The van der Waals surface area contributed by atoms with Gasteiger partial charge in [-0.3, -0.25) is 4.90 Å². The van der Waals surface area contributed by atoms with Crippen molar-refractivity contribution in [3.8, 4) is 0 Å². The number of likely N-dealkylation sites (N-methyl/N-ethyl adjacent to an activating group) is 1. The normalized spacial score (nSPS) is 16.2. The Labute approximate surface area is 105 Å². The molecule has 0 spiro atoms. The molecular weight excluding hydrogens is 236 g/mol. The molecule has 0 bridgehead atoms. The summed E-state index contributed by atoms with van der Waals surface area (Å²) < 4.78 is 0. The van der Waals surface area contributed by atoms with Gasteiger partial charge in [-0.05, 0) is 32.1 Å². The molecule has 0 aromatic carbocycles. The number of thiophene rings is 1. The van der Waals surface area contributed by atoms with Gasteiger partial charge in [0.05, 0.1) is 0 Å². The monoisotopic (exact) mass is 254 g/mol. The van der Waals surface area contributed by atoms with Crippen LogP contribution in [0.25, 0.3) is 0 Å². The number of carboxylic acids is 1. The van der Waals surface area contributed by atoms with Crippen molar-refractivity contribution in [3.05, 3.63) is 21.4 Å². The molecule has 2 rings (SSSR count). The van der Waals surface area contributed by atoms with Crippen LogP contribution >= 0.6 is 11.3 Å². The van der Waals surface area contributed by atoms with Crippen LogP contribution in [0.2, 0.25) is 0 Å². The second-order valence-electron chi connectivity index (χ2n) is 4.69. The highest BCUT2D eigenvalue weighted by atomic mass is 32.1. The molecule has 0 saturated heterocycles. The van der Waals surface area contributed by atoms with Crippen LogP contribution in [0.1, 0.15) is 20.1 Å². The Hall–Kier alpha value is -0.910. The van der Waals surface area contributed by atoms with Gasteiger partial charge in [0.15, 0.2) is 0 Å². The average Bonchev–Trinajstić information content (AvgIpc) is 2.69. The number of hydrogen-bond acceptors (Lipinski definition) is 4. The highest BCUT2D eigenvalue weighted by Gasteiger charge is 2.20. The number of aromatic carboxylic acids is 1. The zero-order valence-electron chi connectivity index (χ0n) is 10.3. The maximum absolute atomic E-state index is 10.9. The van der Waals surface area contributed by atoms with Crippen LogP contribution < -0.4 is 0 Å². The molecule has 0 unspecified atom stereocenters. The average molecular weight is 254 g/mol. The first kappa shape index (κ1) is 12.5. The summed E-state index contributed by atoms with van der Waals surface area (Å²) in [7, 11) is 4.14.